The number of alkyl halides is 1. The number of aliphatic hydroxyl groups is 2. The molecule has 3 atom stereocenters. The number of rotatable bonds is 1. The molecule has 0 aromatic heterocycles. The molecule has 2 saturated heterocycles. The number of β-amino-alcohol motifs (C(OH)–C–C–N with tert-alkyl or cyclic N) is 1. The third kappa shape index (κ3) is 1.07. The van der Waals surface area contributed by atoms with Gasteiger partial charge in [0, 0.05) is 19.4 Å². The Kier molecular flexibility index (Phi) is 1.82. The fraction of sp³-hybridized carbons (Fsp3) is 0.875. The smallest absolute Gasteiger partial charge is 0.257 e. The fourth-order valence-corrected chi connectivity index (χ4v) is 2.34. The molecule has 2 N–H and O–H groups in total. The van der Waals surface area contributed by atoms with E-state index >= 15 is 0 Å². The van der Waals surface area contributed by atoms with Gasteiger partial charge in [0.25, 0.3) is 5.91 Å². The summed E-state index contributed by atoms with van der Waals surface area (Å²) < 4.78 is 13.0. The summed E-state index contributed by atoms with van der Waals surface area (Å²) in [4.78, 5) is 12.5. The lowest BCUT2D eigenvalue weighted by Gasteiger charge is -2.28. The number of nitrogens with zero attached hydrogens (tertiary/aromatic N) is 1. The highest BCUT2D eigenvalue weighted by Crippen LogP contribution is 2.40. The Balaban J connectivity index is 2.28. The molecular formula is C8H12FNO3. The van der Waals surface area contributed by atoms with Crippen LogP contribution in [0.25, 0.3) is 0 Å². The lowest BCUT2D eigenvalue weighted by Crippen LogP contribution is -2.43. The largest absolute Gasteiger partial charge is 0.394 e. The van der Waals surface area contributed by atoms with Crippen molar-refractivity contribution in [3.8, 4) is 0 Å². The number of halogens is 1. The van der Waals surface area contributed by atoms with E-state index in [1.807, 2.05) is 0 Å². The van der Waals surface area contributed by atoms with Gasteiger partial charge in [-0.15, -0.1) is 0 Å². The van der Waals surface area contributed by atoms with Crippen LogP contribution < -0.4 is 0 Å². The molecule has 0 radical (unpaired) electrons. The van der Waals surface area contributed by atoms with Crippen LogP contribution in [0.3, 0.4) is 0 Å². The molecule has 0 aromatic carbocycles. The second kappa shape index (κ2) is 2.65. The predicted molar refractivity (Wildman–Crippen MR) is 41.7 cm³/mol. The Hall–Kier alpha value is -0.680. The van der Waals surface area contributed by atoms with E-state index in [0.29, 0.717) is 0 Å². The first-order chi connectivity index (χ1) is 6.09. The molecule has 0 saturated carbocycles. The van der Waals surface area contributed by atoms with E-state index in [-0.39, 0.29) is 26.0 Å². The van der Waals surface area contributed by atoms with Crippen molar-refractivity contribution in [3.63, 3.8) is 0 Å². The lowest BCUT2D eigenvalue weighted by molar-refractivity contribution is -0.134. The summed E-state index contributed by atoms with van der Waals surface area (Å²) in [5.74, 6) is -0.592. The van der Waals surface area contributed by atoms with Gasteiger partial charge in [0.05, 0.1) is 18.2 Å². The van der Waals surface area contributed by atoms with E-state index < -0.39 is 23.7 Å². The second-order valence-electron chi connectivity index (χ2n) is 3.86. The maximum Gasteiger partial charge on any atom is 0.257 e. The molecule has 2 fully saturated rings. The fourth-order valence-electron chi connectivity index (χ4n) is 2.34. The molecule has 4 nitrogen and oxygen atoms in total. The summed E-state index contributed by atoms with van der Waals surface area (Å²) >= 11 is 0. The number of hydrogen-bond acceptors (Lipinski definition) is 3. The Bertz CT molecular complexity index is 248. The summed E-state index contributed by atoms with van der Waals surface area (Å²) in [5.41, 5.74) is -0.823. The molecule has 1 amide bonds. The highest BCUT2D eigenvalue weighted by Gasteiger charge is 2.56. The zero-order valence-electron chi connectivity index (χ0n) is 7.11. The lowest BCUT2D eigenvalue weighted by atomic mass is 9.94. The van der Waals surface area contributed by atoms with Gasteiger partial charge in [-0.05, 0) is 0 Å². The third-order valence-electron chi connectivity index (χ3n) is 2.97. The van der Waals surface area contributed by atoms with Crippen molar-refractivity contribution in [2.75, 3.05) is 13.2 Å². The first-order valence-corrected chi connectivity index (χ1v) is 4.33. The second-order valence-corrected chi connectivity index (χ2v) is 3.86. The number of carbonyl (C=O) groups excluding carboxylic acids is 1. The number of carbonyl (C=O) groups is 1. The van der Waals surface area contributed by atoms with Crippen molar-refractivity contribution >= 4 is 5.91 Å². The third-order valence-corrected chi connectivity index (χ3v) is 2.97. The van der Waals surface area contributed by atoms with Gasteiger partial charge in [0.15, 0.2) is 6.17 Å². The van der Waals surface area contributed by atoms with Crippen LogP contribution in [-0.2, 0) is 4.79 Å². The Morgan fingerprint density at radius 3 is 2.85 bits per heavy atom. The van der Waals surface area contributed by atoms with E-state index in [1.165, 1.54) is 4.90 Å². The van der Waals surface area contributed by atoms with Gasteiger partial charge >= 0.3 is 0 Å². The van der Waals surface area contributed by atoms with Crippen molar-refractivity contribution < 1.29 is 19.4 Å². The molecule has 2 aliphatic heterocycles. The number of fused-ring (bicyclic) bond motifs is 1. The van der Waals surface area contributed by atoms with Gasteiger partial charge in [-0.2, -0.15) is 0 Å². The Labute approximate surface area is 75.0 Å². The van der Waals surface area contributed by atoms with E-state index in [2.05, 4.69) is 0 Å². The minimum absolute atomic E-state index is 0.0133. The van der Waals surface area contributed by atoms with Crippen molar-refractivity contribution in [2.24, 2.45) is 0 Å². The summed E-state index contributed by atoms with van der Waals surface area (Å²) in [5, 5.41) is 18.4. The zero-order chi connectivity index (χ0) is 9.64. The Morgan fingerprint density at radius 1 is 1.62 bits per heavy atom. The van der Waals surface area contributed by atoms with Gasteiger partial charge in [0.2, 0.25) is 0 Å². The van der Waals surface area contributed by atoms with Gasteiger partial charge in [-0.25, -0.2) is 4.39 Å². The minimum atomic E-state index is -1.50. The molecule has 0 bridgehead atoms. The summed E-state index contributed by atoms with van der Waals surface area (Å²) in [6, 6.07) is 0. The molecule has 0 spiro atoms. The molecule has 3 unspecified atom stereocenters. The van der Waals surface area contributed by atoms with Gasteiger partial charge in [-0.1, -0.05) is 0 Å². The van der Waals surface area contributed by atoms with Crippen LogP contribution in [-0.4, -0.2) is 52.0 Å². The highest BCUT2D eigenvalue weighted by atomic mass is 19.1. The molecule has 13 heavy (non-hydrogen) atoms. The van der Waals surface area contributed by atoms with Gasteiger partial charge in [-0.3, -0.25) is 4.79 Å². The average molecular weight is 189 g/mol. The average Bonchev–Trinajstić information content (AvgIpc) is 2.51. The monoisotopic (exact) mass is 189 g/mol. The van der Waals surface area contributed by atoms with Crippen molar-refractivity contribution in [2.45, 2.75) is 30.7 Å². The summed E-state index contributed by atoms with van der Waals surface area (Å²) in [6.45, 7) is -0.115. The first kappa shape index (κ1) is 8.90. The molecule has 2 heterocycles. The van der Waals surface area contributed by atoms with E-state index in [0.717, 1.165) is 0 Å². The molecule has 2 rings (SSSR count). The van der Waals surface area contributed by atoms with Gasteiger partial charge in [0.1, 0.15) is 0 Å². The normalized spacial score (nSPS) is 44.2. The van der Waals surface area contributed by atoms with E-state index in [1.54, 1.807) is 0 Å². The summed E-state index contributed by atoms with van der Waals surface area (Å²) in [7, 11) is 0. The number of amides is 1. The van der Waals surface area contributed by atoms with Crippen molar-refractivity contribution in [1.82, 2.24) is 4.90 Å². The van der Waals surface area contributed by atoms with Crippen LogP contribution in [0.5, 0.6) is 0 Å². The summed E-state index contributed by atoms with van der Waals surface area (Å²) in [6.07, 6.45) is -1.82. The highest BCUT2D eigenvalue weighted by molar-refractivity contribution is 5.85. The van der Waals surface area contributed by atoms with Crippen LogP contribution in [0.15, 0.2) is 0 Å². The number of hydrogen-bond donors (Lipinski definition) is 2. The molecule has 2 aliphatic rings. The molecular weight excluding hydrogens is 177 g/mol. The molecule has 0 aliphatic carbocycles. The van der Waals surface area contributed by atoms with E-state index in [9.17, 15) is 14.3 Å². The topological polar surface area (TPSA) is 60.8 Å². The standard InChI is InChI=1S/C8H12FNO3/c9-6-2-8(4-11)1-5(12)3-10(8)7(6)13/h5-6,11-12H,1-4H2. The van der Waals surface area contributed by atoms with E-state index in [4.69, 9.17) is 5.11 Å². The molecule has 5 heteroatoms. The van der Waals surface area contributed by atoms with Crippen molar-refractivity contribution in [1.29, 1.82) is 0 Å². The van der Waals surface area contributed by atoms with Gasteiger partial charge < -0.3 is 15.1 Å². The first-order valence-electron chi connectivity index (χ1n) is 4.33. The van der Waals surface area contributed by atoms with Crippen LogP contribution in [0.1, 0.15) is 12.8 Å². The van der Waals surface area contributed by atoms with Crippen LogP contribution in [0, 0.1) is 0 Å². The maximum absolute atomic E-state index is 13.0. The van der Waals surface area contributed by atoms with Crippen LogP contribution in [0.4, 0.5) is 4.39 Å². The minimum Gasteiger partial charge on any atom is -0.394 e. The quantitative estimate of drug-likeness (QED) is 0.559. The maximum atomic E-state index is 13.0. The van der Waals surface area contributed by atoms with Crippen LogP contribution in [0.2, 0.25) is 0 Å². The SMILES string of the molecule is O=C1C(F)CC2(CO)CC(O)CN12. The van der Waals surface area contributed by atoms with Crippen LogP contribution >= 0.6 is 0 Å². The molecule has 0 aromatic rings. The van der Waals surface area contributed by atoms with Crippen molar-refractivity contribution in [3.05, 3.63) is 0 Å². The predicted octanol–water partition coefficient (Wildman–Crippen LogP) is -0.948. The zero-order valence-corrected chi connectivity index (χ0v) is 7.11. The number of aliphatic hydroxyl groups excluding tert-OH is 2. The Morgan fingerprint density at radius 2 is 2.31 bits per heavy atom. The molecule has 74 valence electrons.